The smallest absolute Gasteiger partial charge is 0.0716 e. The number of benzene rings is 1. The zero-order valence-corrected chi connectivity index (χ0v) is 11.5. The van der Waals surface area contributed by atoms with Gasteiger partial charge in [0.1, 0.15) is 0 Å². The molecule has 2 heteroatoms. The fourth-order valence-electron chi connectivity index (χ4n) is 1.95. The van der Waals surface area contributed by atoms with E-state index in [0.717, 1.165) is 25.8 Å². The lowest BCUT2D eigenvalue weighted by Gasteiger charge is -2.06. The van der Waals surface area contributed by atoms with Gasteiger partial charge < -0.3 is 10.1 Å². The summed E-state index contributed by atoms with van der Waals surface area (Å²) in [5.74, 6) is 0. The SMILES string of the molecule is CCCCCOCc1ccc(CNC2CC2)cc1. The Hall–Kier alpha value is -0.860. The van der Waals surface area contributed by atoms with Crippen molar-refractivity contribution in [1.82, 2.24) is 5.32 Å². The van der Waals surface area contributed by atoms with Crippen molar-refractivity contribution in [1.29, 1.82) is 0 Å². The molecule has 0 amide bonds. The summed E-state index contributed by atoms with van der Waals surface area (Å²) >= 11 is 0. The van der Waals surface area contributed by atoms with Gasteiger partial charge in [-0.05, 0) is 30.4 Å². The first-order chi connectivity index (χ1) is 8.88. The highest BCUT2D eigenvalue weighted by molar-refractivity contribution is 5.22. The minimum atomic E-state index is 0.750. The molecule has 0 aliphatic heterocycles. The summed E-state index contributed by atoms with van der Waals surface area (Å²) in [5, 5.41) is 3.53. The van der Waals surface area contributed by atoms with E-state index in [-0.39, 0.29) is 0 Å². The fraction of sp³-hybridized carbons (Fsp3) is 0.625. The van der Waals surface area contributed by atoms with Gasteiger partial charge in [-0.3, -0.25) is 0 Å². The van der Waals surface area contributed by atoms with E-state index >= 15 is 0 Å². The number of hydrogen-bond donors (Lipinski definition) is 1. The Kier molecular flexibility index (Phi) is 5.69. The molecule has 1 aromatic rings. The molecule has 100 valence electrons. The molecule has 1 aliphatic rings. The highest BCUT2D eigenvalue weighted by atomic mass is 16.5. The van der Waals surface area contributed by atoms with Crippen LogP contribution in [0.5, 0.6) is 0 Å². The molecule has 0 spiro atoms. The lowest BCUT2D eigenvalue weighted by molar-refractivity contribution is 0.117. The molecular weight excluding hydrogens is 222 g/mol. The zero-order chi connectivity index (χ0) is 12.6. The Morgan fingerprint density at radius 3 is 2.50 bits per heavy atom. The van der Waals surface area contributed by atoms with E-state index in [1.807, 2.05) is 0 Å². The van der Waals surface area contributed by atoms with Gasteiger partial charge in [0.2, 0.25) is 0 Å². The highest BCUT2D eigenvalue weighted by Gasteiger charge is 2.19. The van der Waals surface area contributed by atoms with Crippen molar-refractivity contribution >= 4 is 0 Å². The normalized spacial score (nSPS) is 14.9. The van der Waals surface area contributed by atoms with Gasteiger partial charge in [0, 0.05) is 19.2 Å². The minimum Gasteiger partial charge on any atom is -0.377 e. The molecule has 0 atom stereocenters. The molecule has 0 saturated heterocycles. The predicted molar refractivity (Wildman–Crippen MR) is 75.5 cm³/mol. The number of nitrogens with one attached hydrogen (secondary N) is 1. The Morgan fingerprint density at radius 2 is 1.83 bits per heavy atom. The molecule has 1 aromatic carbocycles. The van der Waals surface area contributed by atoms with Crippen molar-refractivity contribution < 1.29 is 4.74 Å². The van der Waals surface area contributed by atoms with Crippen molar-refractivity contribution in [3.63, 3.8) is 0 Å². The number of ether oxygens (including phenoxy) is 1. The van der Waals surface area contributed by atoms with Crippen molar-refractivity contribution in [2.24, 2.45) is 0 Å². The Morgan fingerprint density at radius 1 is 1.11 bits per heavy atom. The molecule has 2 nitrogen and oxygen atoms in total. The molecule has 0 bridgehead atoms. The van der Waals surface area contributed by atoms with Gasteiger partial charge in [-0.1, -0.05) is 44.0 Å². The maximum atomic E-state index is 5.65. The van der Waals surface area contributed by atoms with Crippen LogP contribution in [0, 0.1) is 0 Å². The van der Waals surface area contributed by atoms with E-state index in [4.69, 9.17) is 4.74 Å². The monoisotopic (exact) mass is 247 g/mol. The van der Waals surface area contributed by atoms with Gasteiger partial charge in [0.25, 0.3) is 0 Å². The lowest BCUT2D eigenvalue weighted by Crippen LogP contribution is -2.15. The highest BCUT2D eigenvalue weighted by Crippen LogP contribution is 2.19. The van der Waals surface area contributed by atoms with E-state index in [9.17, 15) is 0 Å². The molecule has 0 radical (unpaired) electrons. The van der Waals surface area contributed by atoms with Crippen molar-refractivity contribution in [3.8, 4) is 0 Å². The van der Waals surface area contributed by atoms with Crippen LogP contribution in [0.4, 0.5) is 0 Å². The first-order valence-electron chi connectivity index (χ1n) is 7.27. The van der Waals surface area contributed by atoms with Crippen molar-refractivity contribution in [2.45, 2.75) is 58.2 Å². The van der Waals surface area contributed by atoms with Crippen LogP contribution in [0.3, 0.4) is 0 Å². The molecule has 1 saturated carbocycles. The standard InChI is InChI=1S/C16H25NO/c1-2-3-4-11-18-13-15-7-5-14(6-8-15)12-17-16-9-10-16/h5-8,16-17H,2-4,9-13H2,1H3. The van der Waals surface area contributed by atoms with Gasteiger partial charge in [-0.2, -0.15) is 0 Å². The van der Waals surface area contributed by atoms with Crippen LogP contribution in [0.2, 0.25) is 0 Å². The Bertz CT molecular complexity index is 329. The number of rotatable bonds is 9. The van der Waals surface area contributed by atoms with Gasteiger partial charge in [0.15, 0.2) is 0 Å². The average Bonchev–Trinajstić information content (AvgIpc) is 3.22. The van der Waals surface area contributed by atoms with E-state index in [2.05, 4.69) is 36.5 Å². The topological polar surface area (TPSA) is 21.3 Å². The molecule has 2 rings (SSSR count). The van der Waals surface area contributed by atoms with E-state index in [0.29, 0.717) is 0 Å². The molecule has 0 aromatic heterocycles. The summed E-state index contributed by atoms with van der Waals surface area (Å²) in [6, 6.07) is 9.57. The van der Waals surface area contributed by atoms with Gasteiger partial charge in [0.05, 0.1) is 6.61 Å². The van der Waals surface area contributed by atoms with Crippen LogP contribution >= 0.6 is 0 Å². The summed E-state index contributed by atoms with van der Waals surface area (Å²) in [6.45, 7) is 4.86. The van der Waals surface area contributed by atoms with Crippen LogP contribution in [-0.2, 0) is 17.9 Å². The minimum absolute atomic E-state index is 0.750. The second-order valence-corrected chi connectivity index (χ2v) is 5.23. The summed E-state index contributed by atoms with van der Waals surface area (Å²) in [5.41, 5.74) is 2.65. The summed E-state index contributed by atoms with van der Waals surface area (Å²) in [6.07, 6.45) is 6.41. The maximum Gasteiger partial charge on any atom is 0.0716 e. The predicted octanol–water partition coefficient (Wildman–Crippen LogP) is 3.65. The third kappa shape index (κ3) is 5.19. The summed E-state index contributed by atoms with van der Waals surface area (Å²) < 4.78 is 5.65. The third-order valence-corrected chi connectivity index (χ3v) is 3.36. The number of hydrogen-bond acceptors (Lipinski definition) is 2. The first-order valence-corrected chi connectivity index (χ1v) is 7.27. The largest absolute Gasteiger partial charge is 0.377 e. The maximum absolute atomic E-state index is 5.65. The zero-order valence-electron chi connectivity index (χ0n) is 11.5. The second-order valence-electron chi connectivity index (χ2n) is 5.23. The molecule has 1 fully saturated rings. The van der Waals surface area contributed by atoms with Crippen LogP contribution in [0.15, 0.2) is 24.3 Å². The Balaban J connectivity index is 1.63. The average molecular weight is 247 g/mol. The van der Waals surface area contributed by atoms with Gasteiger partial charge >= 0.3 is 0 Å². The van der Waals surface area contributed by atoms with Gasteiger partial charge in [-0.25, -0.2) is 0 Å². The van der Waals surface area contributed by atoms with Crippen LogP contribution in [-0.4, -0.2) is 12.6 Å². The van der Waals surface area contributed by atoms with Crippen molar-refractivity contribution in [3.05, 3.63) is 35.4 Å². The van der Waals surface area contributed by atoms with Crippen LogP contribution < -0.4 is 5.32 Å². The molecular formula is C16H25NO. The lowest BCUT2D eigenvalue weighted by atomic mass is 10.1. The molecule has 18 heavy (non-hydrogen) atoms. The van der Waals surface area contributed by atoms with Crippen LogP contribution in [0.1, 0.15) is 50.2 Å². The molecule has 1 aliphatic carbocycles. The molecule has 1 N–H and O–H groups in total. The van der Waals surface area contributed by atoms with Gasteiger partial charge in [-0.15, -0.1) is 0 Å². The number of unbranched alkanes of at least 4 members (excludes halogenated alkanes) is 2. The summed E-state index contributed by atoms with van der Waals surface area (Å²) in [4.78, 5) is 0. The fourth-order valence-corrected chi connectivity index (χ4v) is 1.95. The summed E-state index contributed by atoms with van der Waals surface area (Å²) in [7, 11) is 0. The molecule has 0 unspecified atom stereocenters. The van der Waals surface area contributed by atoms with E-state index in [1.54, 1.807) is 0 Å². The first kappa shape index (κ1) is 13.6. The van der Waals surface area contributed by atoms with E-state index < -0.39 is 0 Å². The third-order valence-electron chi connectivity index (χ3n) is 3.36. The molecule has 0 heterocycles. The quantitative estimate of drug-likeness (QED) is 0.673. The second kappa shape index (κ2) is 7.55. The Labute approximate surface area is 111 Å². The van der Waals surface area contributed by atoms with E-state index in [1.165, 1.54) is 43.2 Å². The van der Waals surface area contributed by atoms with Crippen molar-refractivity contribution in [2.75, 3.05) is 6.61 Å². The van der Waals surface area contributed by atoms with Crippen LogP contribution in [0.25, 0.3) is 0 Å².